The van der Waals surface area contributed by atoms with E-state index in [9.17, 15) is 4.79 Å². The summed E-state index contributed by atoms with van der Waals surface area (Å²) in [5, 5.41) is 0.943. The van der Waals surface area contributed by atoms with E-state index in [1.54, 1.807) is 0 Å². The van der Waals surface area contributed by atoms with Gasteiger partial charge in [-0.3, -0.25) is 4.79 Å². The average Bonchev–Trinajstić information content (AvgIpc) is 3.04. The first-order chi connectivity index (χ1) is 13.1. The molecule has 1 amide bonds. The monoisotopic (exact) mass is 372 g/mol. The zero-order chi connectivity index (χ0) is 19.2. The SMILES string of the molecule is CCCCc1oc2ccccc2c1C(=O)N1CCC(OCCN(C)C)CC1. The zero-order valence-electron chi connectivity index (χ0n) is 16.9. The largest absolute Gasteiger partial charge is 0.460 e. The van der Waals surface area contributed by atoms with E-state index in [1.165, 1.54) is 0 Å². The Morgan fingerprint density at radius 2 is 2.00 bits per heavy atom. The molecule has 1 aromatic heterocycles. The van der Waals surface area contributed by atoms with Crippen LogP contribution in [-0.2, 0) is 11.2 Å². The fourth-order valence-electron chi connectivity index (χ4n) is 3.63. The molecule has 5 heteroatoms. The van der Waals surface area contributed by atoms with Crippen molar-refractivity contribution in [2.75, 3.05) is 40.3 Å². The van der Waals surface area contributed by atoms with Crippen LogP contribution in [0.15, 0.2) is 28.7 Å². The van der Waals surface area contributed by atoms with Gasteiger partial charge in [-0.15, -0.1) is 0 Å². The molecule has 0 saturated carbocycles. The third-order valence-electron chi connectivity index (χ3n) is 5.26. The minimum Gasteiger partial charge on any atom is -0.460 e. The van der Waals surface area contributed by atoms with Gasteiger partial charge >= 0.3 is 0 Å². The average molecular weight is 373 g/mol. The van der Waals surface area contributed by atoms with Gasteiger partial charge in [-0.05, 0) is 39.4 Å². The van der Waals surface area contributed by atoms with Gasteiger partial charge in [-0.25, -0.2) is 0 Å². The van der Waals surface area contributed by atoms with Gasteiger partial charge in [0.1, 0.15) is 11.3 Å². The van der Waals surface area contributed by atoms with E-state index in [0.29, 0.717) is 0 Å². The first kappa shape index (κ1) is 19.9. The summed E-state index contributed by atoms with van der Waals surface area (Å²) in [4.78, 5) is 17.4. The minimum absolute atomic E-state index is 0.109. The van der Waals surface area contributed by atoms with Crippen LogP contribution in [-0.4, -0.2) is 62.1 Å². The number of aryl methyl sites for hydroxylation is 1. The molecule has 0 unspecified atom stereocenters. The standard InChI is InChI=1S/C22H32N2O3/c1-4-5-9-20-21(18-8-6-7-10-19(18)27-20)22(25)24-13-11-17(12-14-24)26-16-15-23(2)3/h6-8,10,17H,4-5,9,11-16H2,1-3H3. The van der Waals surface area contributed by atoms with Gasteiger partial charge in [0.15, 0.2) is 0 Å². The van der Waals surface area contributed by atoms with Gasteiger partial charge in [0.25, 0.3) is 5.91 Å². The number of furan rings is 1. The van der Waals surface area contributed by atoms with E-state index in [1.807, 2.05) is 29.2 Å². The van der Waals surface area contributed by atoms with Crippen molar-refractivity contribution < 1.29 is 13.9 Å². The van der Waals surface area contributed by atoms with Crippen molar-refractivity contribution in [1.82, 2.24) is 9.80 Å². The number of nitrogens with zero attached hydrogens (tertiary/aromatic N) is 2. The summed E-state index contributed by atoms with van der Waals surface area (Å²) in [6, 6.07) is 7.88. The van der Waals surface area contributed by atoms with Crippen molar-refractivity contribution in [3.8, 4) is 0 Å². The Kier molecular flexibility index (Phi) is 6.91. The molecule has 2 aromatic rings. The van der Waals surface area contributed by atoms with Crippen molar-refractivity contribution in [3.05, 3.63) is 35.6 Å². The normalized spacial score (nSPS) is 15.8. The van der Waals surface area contributed by atoms with E-state index < -0.39 is 0 Å². The molecule has 3 rings (SSSR count). The molecule has 5 nitrogen and oxygen atoms in total. The van der Waals surface area contributed by atoms with Gasteiger partial charge in [0.2, 0.25) is 0 Å². The van der Waals surface area contributed by atoms with Crippen LogP contribution in [0.3, 0.4) is 0 Å². The predicted octanol–water partition coefficient (Wildman–Crippen LogP) is 3.96. The molecule has 2 heterocycles. The van der Waals surface area contributed by atoms with Crippen molar-refractivity contribution in [2.24, 2.45) is 0 Å². The smallest absolute Gasteiger partial charge is 0.258 e. The fourth-order valence-corrected chi connectivity index (χ4v) is 3.63. The van der Waals surface area contributed by atoms with Crippen LogP contribution in [0, 0.1) is 0 Å². The van der Waals surface area contributed by atoms with Gasteiger partial charge < -0.3 is 19.0 Å². The molecule has 1 aliphatic heterocycles. The second-order valence-electron chi connectivity index (χ2n) is 7.67. The third kappa shape index (κ3) is 4.90. The summed E-state index contributed by atoms with van der Waals surface area (Å²) in [6.45, 7) is 5.34. The van der Waals surface area contributed by atoms with Gasteiger partial charge in [-0.1, -0.05) is 31.5 Å². The Hall–Kier alpha value is -1.85. The van der Waals surface area contributed by atoms with Crippen LogP contribution in [0.25, 0.3) is 11.0 Å². The maximum atomic E-state index is 13.3. The lowest BCUT2D eigenvalue weighted by Crippen LogP contribution is -2.41. The molecule has 0 atom stereocenters. The summed E-state index contributed by atoms with van der Waals surface area (Å²) in [5.74, 6) is 0.949. The Labute approximate surface area is 162 Å². The molecule has 0 radical (unpaired) electrons. The number of hydrogen-bond acceptors (Lipinski definition) is 4. The second-order valence-corrected chi connectivity index (χ2v) is 7.67. The lowest BCUT2D eigenvalue weighted by Gasteiger charge is -2.32. The van der Waals surface area contributed by atoms with E-state index >= 15 is 0 Å². The van der Waals surface area contributed by atoms with Gasteiger partial charge in [0.05, 0.1) is 18.3 Å². The topological polar surface area (TPSA) is 45.9 Å². The summed E-state index contributed by atoms with van der Waals surface area (Å²) in [6.07, 6.45) is 4.99. The van der Waals surface area contributed by atoms with Gasteiger partial charge in [-0.2, -0.15) is 0 Å². The number of likely N-dealkylation sites (N-methyl/N-ethyl adjacent to an activating group) is 1. The van der Waals surface area contributed by atoms with Crippen LogP contribution < -0.4 is 0 Å². The number of piperidine rings is 1. The maximum Gasteiger partial charge on any atom is 0.258 e. The zero-order valence-corrected chi connectivity index (χ0v) is 16.9. The maximum absolute atomic E-state index is 13.3. The van der Waals surface area contributed by atoms with Crippen LogP contribution in [0.1, 0.15) is 48.7 Å². The Morgan fingerprint density at radius 3 is 2.70 bits per heavy atom. The number of unbranched alkanes of at least 4 members (excludes halogenated alkanes) is 1. The number of likely N-dealkylation sites (tertiary alicyclic amines) is 1. The molecular formula is C22H32N2O3. The molecule has 1 fully saturated rings. The number of para-hydroxylation sites is 1. The summed E-state index contributed by atoms with van der Waals surface area (Å²) < 4.78 is 12.0. The van der Waals surface area contributed by atoms with Crippen molar-refractivity contribution in [2.45, 2.75) is 45.1 Å². The predicted molar refractivity (Wildman–Crippen MR) is 108 cm³/mol. The summed E-state index contributed by atoms with van der Waals surface area (Å²) in [5.41, 5.74) is 1.58. The van der Waals surface area contributed by atoms with Crippen LogP contribution in [0.5, 0.6) is 0 Å². The lowest BCUT2D eigenvalue weighted by molar-refractivity contribution is 0.00393. The Balaban J connectivity index is 1.67. The van der Waals surface area contributed by atoms with Crippen LogP contribution in [0.4, 0.5) is 0 Å². The molecule has 148 valence electrons. The quantitative estimate of drug-likeness (QED) is 0.704. The van der Waals surface area contributed by atoms with Crippen LogP contribution in [0.2, 0.25) is 0 Å². The van der Waals surface area contributed by atoms with Crippen molar-refractivity contribution in [3.63, 3.8) is 0 Å². The first-order valence-corrected chi connectivity index (χ1v) is 10.2. The van der Waals surface area contributed by atoms with E-state index in [0.717, 1.165) is 80.6 Å². The number of benzene rings is 1. The van der Waals surface area contributed by atoms with Crippen molar-refractivity contribution >= 4 is 16.9 Å². The highest BCUT2D eigenvalue weighted by Crippen LogP contribution is 2.29. The molecule has 1 aromatic carbocycles. The number of carbonyl (C=O) groups excluding carboxylic acids is 1. The van der Waals surface area contributed by atoms with E-state index in [-0.39, 0.29) is 12.0 Å². The number of ether oxygens (including phenoxy) is 1. The number of fused-ring (bicyclic) bond motifs is 1. The third-order valence-corrected chi connectivity index (χ3v) is 5.26. The Bertz CT molecular complexity index is 745. The van der Waals surface area contributed by atoms with E-state index in [4.69, 9.17) is 9.15 Å². The highest BCUT2D eigenvalue weighted by atomic mass is 16.5. The highest BCUT2D eigenvalue weighted by Gasteiger charge is 2.28. The second kappa shape index (κ2) is 9.38. The fraction of sp³-hybridized carbons (Fsp3) is 0.591. The molecule has 0 aliphatic carbocycles. The summed E-state index contributed by atoms with van der Waals surface area (Å²) in [7, 11) is 4.10. The molecular weight excluding hydrogens is 340 g/mol. The minimum atomic E-state index is 0.109. The van der Waals surface area contributed by atoms with Gasteiger partial charge in [0, 0.05) is 31.4 Å². The number of rotatable bonds is 8. The van der Waals surface area contributed by atoms with Crippen LogP contribution >= 0.6 is 0 Å². The molecule has 0 spiro atoms. The van der Waals surface area contributed by atoms with Crippen molar-refractivity contribution in [1.29, 1.82) is 0 Å². The number of carbonyl (C=O) groups is 1. The first-order valence-electron chi connectivity index (χ1n) is 10.2. The molecule has 0 bridgehead atoms. The summed E-state index contributed by atoms with van der Waals surface area (Å²) >= 11 is 0. The highest BCUT2D eigenvalue weighted by molar-refractivity contribution is 6.07. The molecule has 0 N–H and O–H groups in total. The molecule has 1 aliphatic rings. The molecule has 1 saturated heterocycles. The lowest BCUT2D eigenvalue weighted by atomic mass is 10.0. The Morgan fingerprint density at radius 1 is 1.26 bits per heavy atom. The number of amides is 1. The molecule has 27 heavy (non-hydrogen) atoms. The van der Waals surface area contributed by atoms with E-state index in [2.05, 4.69) is 25.9 Å². The number of hydrogen-bond donors (Lipinski definition) is 0.